The lowest BCUT2D eigenvalue weighted by atomic mass is 10.1. The van der Waals surface area contributed by atoms with Gasteiger partial charge in [-0.3, -0.25) is 14.9 Å². The lowest BCUT2D eigenvalue weighted by Crippen LogP contribution is -2.28. The number of aryl methyl sites for hydroxylation is 1. The van der Waals surface area contributed by atoms with Gasteiger partial charge in [-0.05, 0) is 18.6 Å². The van der Waals surface area contributed by atoms with Crippen molar-refractivity contribution in [3.63, 3.8) is 0 Å². The standard InChI is InChI=1S/C18H18N2O6/c1-12-6-5-8-14(20(23)24)17(12)18(22)26-11-16(21)19-10-13-7-3-4-9-15(13)25-2/h3-9H,10-11H2,1-2H3,(H,19,21). The molecule has 8 heteroatoms. The second kappa shape index (κ2) is 8.61. The van der Waals surface area contributed by atoms with Crippen molar-refractivity contribution in [3.8, 4) is 5.75 Å². The zero-order valence-electron chi connectivity index (χ0n) is 14.4. The normalized spacial score (nSPS) is 10.1. The highest BCUT2D eigenvalue weighted by molar-refractivity contribution is 5.96. The number of hydrogen-bond acceptors (Lipinski definition) is 6. The summed E-state index contributed by atoms with van der Waals surface area (Å²) in [4.78, 5) is 34.4. The van der Waals surface area contributed by atoms with Crippen molar-refractivity contribution < 1.29 is 24.0 Å². The lowest BCUT2D eigenvalue weighted by Gasteiger charge is -2.10. The molecule has 0 saturated carbocycles. The first-order valence-electron chi connectivity index (χ1n) is 7.73. The molecule has 0 aromatic heterocycles. The number of methoxy groups -OCH3 is 1. The van der Waals surface area contributed by atoms with E-state index in [1.165, 1.54) is 19.2 Å². The smallest absolute Gasteiger partial charge is 0.345 e. The van der Waals surface area contributed by atoms with E-state index < -0.39 is 23.4 Å². The summed E-state index contributed by atoms with van der Waals surface area (Å²) in [6.07, 6.45) is 0. The van der Waals surface area contributed by atoms with Crippen LogP contribution in [0.3, 0.4) is 0 Å². The molecule has 0 spiro atoms. The number of nitro groups is 1. The summed E-state index contributed by atoms with van der Waals surface area (Å²) in [6.45, 7) is 1.22. The summed E-state index contributed by atoms with van der Waals surface area (Å²) < 4.78 is 10.1. The van der Waals surface area contributed by atoms with Crippen LogP contribution in [-0.2, 0) is 16.1 Å². The van der Waals surface area contributed by atoms with Crippen molar-refractivity contribution in [1.82, 2.24) is 5.32 Å². The van der Waals surface area contributed by atoms with Crippen molar-refractivity contribution >= 4 is 17.6 Å². The van der Waals surface area contributed by atoms with Gasteiger partial charge in [-0.15, -0.1) is 0 Å². The van der Waals surface area contributed by atoms with E-state index in [0.29, 0.717) is 11.3 Å². The van der Waals surface area contributed by atoms with E-state index in [9.17, 15) is 19.7 Å². The van der Waals surface area contributed by atoms with E-state index in [1.54, 1.807) is 37.3 Å². The number of ether oxygens (including phenoxy) is 2. The highest BCUT2D eigenvalue weighted by atomic mass is 16.6. The molecular weight excluding hydrogens is 340 g/mol. The highest BCUT2D eigenvalue weighted by Crippen LogP contribution is 2.22. The third-order valence-corrected chi connectivity index (χ3v) is 3.65. The Kier molecular flexibility index (Phi) is 6.26. The van der Waals surface area contributed by atoms with Gasteiger partial charge in [0, 0.05) is 18.2 Å². The van der Waals surface area contributed by atoms with E-state index in [0.717, 1.165) is 5.56 Å². The number of amides is 1. The zero-order chi connectivity index (χ0) is 19.1. The van der Waals surface area contributed by atoms with E-state index >= 15 is 0 Å². The Bertz CT molecular complexity index is 834. The quantitative estimate of drug-likeness (QED) is 0.462. The minimum atomic E-state index is -0.915. The van der Waals surface area contributed by atoms with Crippen LogP contribution in [0.2, 0.25) is 0 Å². The average Bonchev–Trinajstić information content (AvgIpc) is 2.64. The molecule has 0 heterocycles. The van der Waals surface area contributed by atoms with Gasteiger partial charge in [-0.25, -0.2) is 4.79 Å². The Morgan fingerprint density at radius 3 is 2.58 bits per heavy atom. The van der Waals surface area contributed by atoms with Crippen LogP contribution in [0.15, 0.2) is 42.5 Å². The summed E-state index contributed by atoms with van der Waals surface area (Å²) in [6, 6.07) is 11.4. The SMILES string of the molecule is COc1ccccc1CNC(=O)COC(=O)c1c(C)cccc1[N+](=O)[O-]. The number of nitrogens with zero attached hydrogens (tertiary/aromatic N) is 1. The fourth-order valence-corrected chi connectivity index (χ4v) is 2.37. The first-order valence-corrected chi connectivity index (χ1v) is 7.73. The summed E-state index contributed by atoms with van der Waals surface area (Å²) in [7, 11) is 1.53. The fourth-order valence-electron chi connectivity index (χ4n) is 2.37. The van der Waals surface area contributed by atoms with Crippen molar-refractivity contribution in [3.05, 3.63) is 69.3 Å². The number of nitrogens with one attached hydrogen (secondary N) is 1. The molecule has 2 rings (SSSR count). The summed E-state index contributed by atoms with van der Waals surface area (Å²) in [5.41, 5.74) is 0.655. The molecule has 2 aromatic carbocycles. The molecule has 0 bridgehead atoms. The van der Waals surface area contributed by atoms with Gasteiger partial charge >= 0.3 is 5.97 Å². The van der Waals surface area contributed by atoms with Crippen LogP contribution in [0, 0.1) is 17.0 Å². The molecule has 0 aliphatic heterocycles. The van der Waals surface area contributed by atoms with Gasteiger partial charge < -0.3 is 14.8 Å². The molecule has 0 radical (unpaired) electrons. The van der Waals surface area contributed by atoms with Gasteiger partial charge in [0.25, 0.3) is 11.6 Å². The molecule has 8 nitrogen and oxygen atoms in total. The molecule has 0 saturated heterocycles. The molecule has 136 valence electrons. The maximum absolute atomic E-state index is 12.1. The van der Waals surface area contributed by atoms with Gasteiger partial charge in [0.05, 0.1) is 12.0 Å². The van der Waals surface area contributed by atoms with Crippen molar-refractivity contribution in [2.45, 2.75) is 13.5 Å². The molecule has 0 aliphatic rings. The molecule has 0 atom stereocenters. The number of nitro benzene ring substituents is 1. The summed E-state index contributed by atoms with van der Waals surface area (Å²) >= 11 is 0. The number of carbonyl (C=O) groups is 2. The summed E-state index contributed by atoms with van der Waals surface area (Å²) in [5.74, 6) is -0.817. The number of rotatable bonds is 7. The van der Waals surface area contributed by atoms with E-state index in [4.69, 9.17) is 9.47 Å². The minimum absolute atomic E-state index is 0.157. The number of para-hydroxylation sites is 1. The predicted octanol–water partition coefficient (Wildman–Crippen LogP) is 2.39. The average molecular weight is 358 g/mol. The number of carbonyl (C=O) groups excluding carboxylic acids is 2. The second-order valence-electron chi connectivity index (χ2n) is 5.39. The highest BCUT2D eigenvalue weighted by Gasteiger charge is 2.24. The topological polar surface area (TPSA) is 108 Å². The third kappa shape index (κ3) is 4.56. The van der Waals surface area contributed by atoms with Crippen LogP contribution >= 0.6 is 0 Å². The number of benzene rings is 2. The van der Waals surface area contributed by atoms with E-state index in [2.05, 4.69) is 5.32 Å². The first-order chi connectivity index (χ1) is 12.4. The number of hydrogen-bond donors (Lipinski definition) is 1. The lowest BCUT2D eigenvalue weighted by molar-refractivity contribution is -0.385. The van der Waals surface area contributed by atoms with Crippen LogP contribution in [0.5, 0.6) is 5.75 Å². The fraction of sp³-hybridized carbons (Fsp3) is 0.222. The molecule has 1 amide bonds. The maximum Gasteiger partial charge on any atom is 0.345 e. The van der Waals surface area contributed by atoms with E-state index in [1.807, 2.05) is 0 Å². The summed E-state index contributed by atoms with van der Waals surface area (Å²) in [5, 5.41) is 13.6. The van der Waals surface area contributed by atoms with Crippen LogP contribution in [0.1, 0.15) is 21.5 Å². The third-order valence-electron chi connectivity index (χ3n) is 3.65. The van der Waals surface area contributed by atoms with Crippen molar-refractivity contribution in [2.24, 2.45) is 0 Å². The zero-order valence-corrected chi connectivity index (χ0v) is 14.4. The molecule has 26 heavy (non-hydrogen) atoms. The largest absolute Gasteiger partial charge is 0.496 e. The van der Waals surface area contributed by atoms with Crippen LogP contribution in [-0.4, -0.2) is 30.5 Å². The van der Waals surface area contributed by atoms with Gasteiger partial charge in [-0.1, -0.05) is 30.3 Å². The molecule has 0 unspecified atom stereocenters. The monoisotopic (exact) mass is 358 g/mol. The Balaban J connectivity index is 1.96. The Morgan fingerprint density at radius 1 is 1.15 bits per heavy atom. The van der Waals surface area contributed by atoms with Gasteiger partial charge in [0.15, 0.2) is 6.61 Å². The predicted molar refractivity (Wildman–Crippen MR) is 93.0 cm³/mol. The van der Waals surface area contributed by atoms with Crippen molar-refractivity contribution in [2.75, 3.05) is 13.7 Å². The number of esters is 1. The Morgan fingerprint density at radius 2 is 1.88 bits per heavy atom. The molecule has 0 fully saturated rings. The molecule has 2 aromatic rings. The van der Waals surface area contributed by atoms with Crippen LogP contribution in [0.25, 0.3) is 0 Å². The minimum Gasteiger partial charge on any atom is -0.496 e. The van der Waals surface area contributed by atoms with Crippen LogP contribution < -0.4 is 10.1 Å². The van der Waals surface area contributed by atoms with Gasteiger partial charge in [0.1, 0.15) is 11.3 Å². The van der Waals surface area contributed by atoms with E-state index in [-0.39, 0.29) is 17.8 Å². The molecular formula is C18H18N2O6. The molecule has 1 N–H and O–H groups in total. The van der Waals surface area contributed by atoms with Crippen molar-refractivity contribution in [1.29, 1.82) is 0 Å². The van der Waals surface area contributed by atoms with Gasteiger partial charge in [0.2, 0.25) is 0 Å². The Labute approximate surface area is 149 Å². The second-order valence-corrected chi connectivity index (χ2v) is 5.39. The first kappa shape index (κ1) is 18.9. The van der Waals surface area contributed by atoms with Gasteiger partial charge in [-0.2, -0.15) is 0 Å². The van der Waals surface area contributed by atoms with Crippen LogP contribution in [0.4, 0.5) is 5.69 Å². The molecule has 0 aliphatic carbocycles. The Hall–Kier alpha value is -3.42. The maximum atomic E-state index is 12.1.